The molecule has 0 bridgehead atoms. The highest BCUT2D eigenvalue weighted by Gasteiger charge is 2.54. The summed E-state index contributed by atoms with van der Waals surface area (Å²) in [6.45, 7) is 2.78. The van der Waals surface area contributed by atoms with Crippen molar-refractivity contribution >= 4 is 16.1 Å². The molecule has 2 rings (SSSR count). The van der Waals surface area contributed by atoms with E-state index in [1.807, 2.05) is 4.90 Å². The molecule has 0 aliphatic carbocycles. The minimum Gasteiger partial charge on any atom is -0.469 e. The quantitative estimate of drug-likeness (QED) is 0.319. The maximum atomic E-state index is 12.5. The molecular weight excluding hydrogens is 351 g/mol. The smallest absolute Gasteiger partial charge is 0.469 e. The fourth-order valence-corrected chi connectivity index (χ4v) is 4.09. The molecular formula is C14H20F3NO5S. The van der Waals surface area contributed by atoms with Gasteiger partial charge in [0.2, 0.25) is 0 Å². The molecule has 2 unspecified atom stereocenters. The van der Waals surface area contributed by atoms with Crippen LogP contribution in [0.25, 0.3) is 0 Å². The van der Waals surface area contributed by atoms with Gasteiger partial charge in [0.25, 0.3) is 0 Å². The van der Waals surface area contributed by atoms with E-state index in [0.29, 0.717) is 25.9 Å². The van der Waals surface area contributed by atoms with Crippen molar-refractivity contribution < 1.29 is 35.3 Å². The molecule has 138 valence electrons. The molecule has 2 atom stereocenters. The molecule has 2 saturated heterocycles. The van der Waals surface area contributed by atoms with E-state index in [-0.39, 0.29) is 12.2 Å². The maximum absolute atomic E-state index is 12.5. The molecule has 0 spiro atoms. The van der Waals surface area contributed by atoms with Crippen LogP contribution < -0.4 is 0 Å². The lowest BCUT2D eigenvalue weighted by molar-refractivity contribution is -0.147. The molecule has 0 radical (unpaired) electrons. The summed E-state index contributed by atoms with van der Waals surface area (Å²) in [4.78, 5) is 14.0. The minimum atomic E-state index is -5.73. The summed E-state index contributed by atoms with van der Waals surface area (Å²) in [5.74, 6) is -1.32. The van der Waals surface area contributed by atoms with Gasteiger partial charge in [0, 0.05) is 6.42 Å². The number of hydrogen-bond acceptors (Lipinski definition) is 6. The highest BCUT2D eigenvalue weighted by atomic mass is 32.2. The Morgan fingerprint density at radius 3 is 2.58 bits per heavy atom. The predicted octanol–water partition coefficient (Wildman–Crippen LogP) is 2.17. The number of alkyl halides is 3. The first-order valence-electron chi connectivity index (χ1n) is 7.62. The molecule has 0 aromatic rings. The molecule has 10 heteroatoms. The van der Waals surface area contributed by atoms with Crippen molar-refractivity contribution in [1.29, 1.82) is 0 Å². The van der Waals surface area contributed by atoms with Crippen LogP contribution in [0.3, 0.4) is 0 Å². The second-order valence-corrected chi connectivity index (χ2v) is 7.43. The summed E-state index contributed by atoms with van der Waals surface area (Å²) < 4.78 is 69.3. The largest absolute Gasteiger partial charge is 0.534 e. The first kappa shape index (κ1) is 19.0. The van der Waals surface area contributed by atoms with Gasteiger partial charge in [0.05, 0.1) is 18.6 Å². The molecule has 6 nitrogen and oxygen atoms in total. The Kier molecular flexibility index (Phi) is 5.19. The van der Waals surface area contributed by atoms with Crippen LogP contribution in [0.4, 0.5) is 13.2 Å². The Morgan fingerprint density at radius 2 is 2.04 bits per heavy atom. The summed E-state index contributed by atoms with van der Waals surface area (Å²) in [7, 11) is -4.48. The summed E-state index contributed by atoms with van der Waals surface area (Å²) in [5.41, 5.74) is -6.34. The topological polar surface area (TPSA) is 72.9 Å². The van der Waals surface area contributed by atoms with Crippen molar-refractivity contribution in [3.63, 3.8) is 0 Å². The van der Waals surface area contributed by atoms with Gasteiger partial charge in [-0.15, -0.1) is 0 Å². The van der Waals surface area contributed by atoms with E-state index < -0.39 is 33.1 Å². The van der Waals surface area contributed by atoms with E-state index in [9.17, 15) is 26.4 Å². The van der Waals surface area contributed by atoms with Crippen LogP contribution in [0.1, 0.15) is 32.6 Å². The first-order valence-corrected chi connectivity index (χ1v) is 9.03. The number of esters is 1. The van der Waals surface area contributed by atoms with Gasteiger partial charge in [0.15, 0.2) is 0 Å². The summed E-state index contributed by atoms with van der Waals surface area (Å²) in [6.07, 6.45) is 3.13. The number of rotatable bonds is 5. The maximum Gasteiger partial charge on any atom is 0.534 e. The fraction of sp³-hybridized carbons (Fsp3) is 0.786. The molecule has 0 aromatic heterocycles. The molecule has 2 aliphatic rings. The van der Waals surface area contributed by atoms with Crippen LogP contribution in [0.15, 0.2) is 11.8 Å². The van der Waals surface area contributed by atoms with Crippen molar-refractivity contribution in [2.45, 2.75) is 43.7 Å². The van der Waals surface area contributed by atoms with Crippen LogP contribution >= 0.6 is 0 Å². The molecule has 24 heavy (non-hydrogen) atoms. The Balaban J connectivity index is 2.38. The van der Waals surface area contributed by atoms with Gasteiger partial charge >= 0.3 is 21.6 Å². The van der Waals surface area contributed by atoms with E-state index in [0.717, 1.165) is 6.42 Å². The standard InChI is InChI=1S/C14H20F3NO5S/c1-3-10(23-24(20,21)14(15,16)17)9-13-6-4-7-18(13)8-5-11(13)12(19)22-2/h9,11H,3-8H2,1-2H3/b10-9-. The normalized spacial score (nSPS) is 28.7. The average Bonchev–Trinajstić information content (AvgIpc) is 3.02. The second-order valence-electron chi connectivity index (χ2n) is 5.89. The number of hydrogen-bond donors (Lipinski definition) is 0. The molecule has 2 fully saturated rings. The minimum absolute atomic E-state index is 0.0429. The van der Waals surface area contributed by atoms with Crippen LogP contribution in [-0.4, -0.2) is 50.5 Å². The third kappa shape index (κ3) is 3.26. The molecule has 0 saturated carbocycles. The Morgan fingerprint density at radius 1 is 1.38 bits per heavy atom. The molecule has 0 amide bonds. The Bertz CT molecular complexity index is 631. The van der Waals surface area contributed by atoms with Gasteiger partial charge < -0.3 is 8.92 Å². The van der Waals surface area contributed by atoms with E-state index in [2.05, 4.69) is 4.18 Å². The molecule has 2 aliphatic heterocycles. The Hall–Kier alpha value is -1.29. The van der Waals surface area contributed by atoms with Crippen LogP contribution in [0, 0.1) is 5.92 Å². The SMILES string of the molecule is CC/C(=C/C12CCCN1CCC2C(=O)OC)OS(=O)(=O)C(F)(F)F. The predicted molar refractivity (Wildman–Crippen MR) is 78.1 cm³/mol. The second kappa shape index (κ2) is 6.55. The number of halogens is 3. The van der Waals surface area contributed by atoms with Gasteiger partial charge in [-0.3, -0.25) is 9.69 Å². The number of carbonyl (C=O) groups is 1. The van der Waals surface area contributed by atoms with Gasteiger partial charge in [0.1, 0.15) is 5.76 Å². The number of carbonyl (C=O) groups excluding carboxylic acids is 1. The van der Waals surface area contributed by atoms with Crippen molar-refractivity contribution in [2.75, 3.05) is 20.2 Å². The number of fused-ring (bicyclic) bond motifs is 1. The summed E-state index contributed by atoms with van der Waals surface area (Å²) >= 11 is 0. The van der Waals surface area contributed by atoms with E-state index in [1.165, 1.54) is 20.1 Å². The zero-order valence-electron chi connectivity index (χ0n) is 13.4. The number of allylic oxidation sites excluding steroid dienone is 1. The van der Waals surface area contributed by atoms with Crippen LogP contribution in [0.2, 0.25) is 0 Å². The third-order valence-corrected chi connectivity index (χ3v) is 5.63. The van der Waals surface area contributed by atoms with Crippen molar-refractivity contribution in [3.8, 4) is 0 Å². The summed E-state index contributed by atoms with van der Waals surface area (Å²) in [6, 6.07) is 0. The number of nitrogens with zero attached hydrogens (tertiary/aromatic N) is 1. The van der Waals surface area contributed by atoms with Gasteiger partial charge in [-0.25, -0.2) is 0 Å². The lowest BCUT2D eigenvalue weighted by Gasteiger charge is -2.33. The zero-order valence-corrected chi connectivity index (χ0v) is 14.2. The van der Waals surface area contributed by atoms with Crippen LogP contribution in [-0.2, 0) is 23.8 Å². The third-order valence-electron chi connectivity index (χ3n) is 4.63. The van der Waals surface area contributed by atoms with Gasteiger partial charge in [-0.2, -0.15) is 21.6 Å². The highest BCUT2D eigenvalue weighted by molar-refractivity contribution is 7.87. The van der Waals surface area contributed by atoms with Crippen molar-refractivity contribution in [3.05, 3.63) is 11.8 Å². The molecule has 2 heterocycles. The van der Waals surface area contributed by atoms with E-state index in [1.54, 1.807) is 0 Å². The lowest BCUT2D eigenvalue weighted by Crippen LogP contribution is -2.45. The molecule has 0 N–H and O–H groups in total. The monoisotopic (exact) mass is 371 g/mol. The lowest BCUT2D eigenvalue weighted by atomic mass is 9.82. The average molecular weight is 371 g/mol. The van der Waals surface area contributed by atoms with Gasteiger partial charge in [-0.05, 0) is 38.4 Å². The Labute approximate surface area is 138 Å². The highest BCUT2D eigenvalue weighted by Crippen LogP contribution is 2.46. The number of ether oxygens (including phenoxy) is 1. The van der Waals surface area contributed by atoms with Gasteiger partial charge in [-0.1, -0.05) is 6.92 Å². The summed E-state index contributed by atoms with van der Waals surface area (Å²) in [5, 5.41) is 0. The van der Waals surface area contributed by atoms with E-state index >= 15 is 0 Å². The first-order chi connectivity index (χ1) is 11.1. The van der Waals surface area contributed by atoms with Crippen molar-refractivity contribution in [1.82, 2.24) is 4.90 Å². The van der Waals surface area contributed by atoms with Crippen LogP contribution in [0.5, 0.6) is 0 Å². The van der Waals surface area contributed by atoms with E-state index in [4.69, 9.17) is 4.74 Å². The zero-order chi connectivity index (χ0) is 18.2. The molecule has 0 aromatic carbocycles. The number of methoxy groups -OCH3 is 1. The van der Waals surface area contributed by atoms with Crippen molar-refractivity contribution in [2.24, 2.45) is 5.92 Å². The fourth-order valence-electron chi connectivity index (χ4n) is 3.55.